The molecule has 0 amide bonds. The molecule has 0 aliphatic heterocycles. The van der Waals surface area contributed by atoms with Crippen LogP contribution in [-0.2, 0) is 0 Å². The molecule has 0 saturated carbocycles. The summed E-state index contributed by atoms with van der Waals surface area (Å²) in [6, 6.07) is 2.14. The van der Waals surface area contributed by atoms with Crippen LogP contribution in [0, 0.1) is 25.2 Å². The number of anilines is 1. The summed E-state index contributed by atoms with van der Waals surface area (Å²) in [4.78, 5) is 0. The molecule has 0 aliphatic carbocycles. The van der Waals surface area contributed by atoms with Gasteiger partial charge in [0.25, 0.3) is 0 Å². The zero-order valence-corrected chi connectivity index (χ0v) is 9.04. The van der Waals surface area contributed by atoms with Gasteiger partial charge in [0, 0.05) is 6.54 Å². The van der Waals surface area contributed by atoms with Crippen LogP contribution in [0.15, 0.2) is 0 Å². The van der Waals surface area contributed by atoms with E-state index in [1.54, 1.807) is 0 Å². The van der Waals surface area contributed by atoms with Gasteiger partial charge in [-0.3, -0.25) is 0 Å². The van der Waals surface area contributed by atoms with Gasteiger partial charge in [-0.05, 0) is 32.4 Å². The zero-order valence-electron chi connectivity index (χ0n) is 9.04. The van der Waals surface area contributed by atoms with E-state index < -0.39 is 0 Å². The summed E-state index contributed by atoms with van der Waals surface area (Å²) in [5.41, 5.74) is 7.61. The number of aromatic nitrogens is 2. The Morgan fingerprint density at radius 3 is 2.73 bits per heavy atom. The largest absolute Gasteiger partial charge is 0.367 e. The highest BCUT2D eigenvalue weighted by Crippen LogP contribution is 2.16. The fraction of sp³-hybridized carbons (Fsp3) is 0.500. The van der Waals surface area contributed by atoms with Crippen molar-refractivity contribution in [1.29, 1.82) is 5.26 Å². The third-order valence-corrected chi connectivity index (χ3v) is 2.24. The number of nitrogens with two attached hydrogens (primary N) is 1. The molecule has 0 fully saturated rings. The number of nitrogens with one attached hydrogen (secondary N) is 1. The lowest BCUT2D eigenvalue weighted by Gasteiger charge is -2.08. The molecule has 0 unspecified atom stereocenters. The average molecular weight is 205 g/mol. The molecule has 3 N–H and O–H groups in total. The monoisotopic (exact) mass is 205 g/mol. The van der Waals surface area contributed by atoms with E-state index in [4.69, 9.17) is 11.0 Å². The minimum Gasteiger partial charge on any atom is -0.367 e. The summed E-state index contributed by atoms with van der Waals surface area (Å²) in [6.07, 6.45) is 0.847. The van der Waals surface area contributed by atoms with Crippen molar-refractivity contribution < 1.29 is 0 Å². The molecule has 1 heterocycles. The van der Waals surface area contributed by atoms with E-state index in [0.29, 0.717) is 24.5 Å². The Morgan fingerprint density at radius 1 is 1.40 bits per heavy atom. The zero-order chi connectivity index (χ0) is 11.3. The molecule has 1 aromatic rings. The maximum absolute atomic E-state index is 9.00. The summed E-state index contributed by atoms with van der Waals surface area (Å²) >= 11 is 0. The van der Waals surface area contributed by atoms with Gasteiger partial charge >= 0.3 is 0 Å². The van der Waals surface area contributed by atoms with Gasteiger partial charge in [-0.15, -0.1) is 5.10 Å². The normalized spacial score (nSPS) is 9.73. The van der Waals surface area contributed by atoms with E-state index in [2.05, 4.69) is 21.6 Å². The highest BCUT2D eigenvalue weighted by molar-refractivity contribution is 5.55. The van der Waals surface area contributed by atoms with Crippen molar-refractivity contribution in [2.75, 3.05) is 18.4 Å². The number of aryl methyl sites for hydroxylation is 1. The lowest BCUT2D eigenvalue weighted by Crippen LogP contribution is -2.12. The third kappa shape index (κ3) is 2.64. The van der Waals surface area contributed by atoms with Gasteiger partial charge in [0.05, 0.1) is 5.69 Å². The molecular formula is C10H15N5. The van der Waals surface area contributed by atoms with Crippen molar-refractivity contribution in [1.82, 2.24) is 10.2 Å². The van der Waals surface area contributed by atoms with Crippen molar-refractivity contribution in [2.24, 2.45) is 5.73 Å². The molecule has 0 radical (unpaired) electrons. The molecular weight excluding hydrogens is 190 g/mol. The van der Waals surface area contributed by atoms with Gasteiger partial charge < -0.3 is 11.1 Å². The maximum Gasteiger partial charge on any atom is 0.166 e. The van der Waals surface area contributed by atoms with Crippen molar-refractivity contribution in [3.63, 3.8) is 0 Å². The SMILES string of the molecule is Cc1nnc(NCCCN)c(C#N)c1C. The average Bonchev–Trinajstić information content (AvgIpc) is 2.24. The smallest absolute Gasteiger partial charge is 0.166 e. The van der Waals surface area contributed by atoms with Crippen LogP contribution in [-0.4, -0.2) is 23.3 Å². The Balaban J connectivity index is 2.89. The van der Waals surface area contributed by atoms with Crippen LogP contribution in [0.1, 0.15) is 23.2 Å². The first-order valence-corrected chi connectivity index (χ1v) is 4.88. The molecule has 0 aromatic carbocycles. The minimum absolute atomic E-state index is 0.550. The fourth-order valence-corrected chi connectivity index (χ4v) is 1.18. The number of nitriles is 1. The van der Waals surface area contributed by atoms with Crippen LogP contribution >= 0.6 is 0 Å². The van der Waals surface area contributed by atoms with Crippen molar-refractivity contribution in [3.8, 4) is 6.07 Å². The second kappa shape index (κ2) is 5.27. The van der Waals surface area contributed by atoms with Crippen molar-refractivity contribution >= 4 is 5.82 Å². The maximum atomic E-state index is 9.00. The van der Waals surface area contributed by atoms with Crippen LogP contribution < -0.4 is 11.1 Å². The highest BCUT2D eigenvalue weighted by Gasteiger charge is 2.09. The predicted molar refractivity (Wildman–Crippen MR) is 58.4 cm³/mol. The fourth-order valence-electron chi connectivity index (χ4n) is 1.18. The van der Waals surface area contributed by atoms with Gasteiger partial charge in [-0.25, -0.2) is 0 Å². The molecule has 1 rings (SSSR count). The quantitative estimate of drug-likeness (QED) is 0.707. The van der Waals surface area contributed by atoms with Crippen LogP contribution in [0.4, 0.5) is 5.82 Å². The summed E-state index contributed by atoms with van der Waals surface area (Å²) in [5, 5.41) is 20.0. The number of hydrogen-bond acceptors (Lipinski definition) is 5. The molecule has 15 heavy (non-hydrogen) atoms. The van der Waals surface area contributed by atoms with Crippen LogP contribution in [0.5, 0.6) is 0 Å². The summed E-state index contributed by atoms with van der Waals surface area (Å²) in [5.74, 6) is 0.550. The van der Waals surface area contributed by atoms with Crippen LogP contribution in [0.25, 0.3) is 0 Å². The topological polar surface area (TPSA) is 87.6 Å². The molecule has 5 nitrogen and oxygen atoms in total. The van der Waals surface area contributed by atoms with Gasteiger partial charge in [0.1, 0.15) is 11.6 Å². The van der Waals surface area contributed by atoms with E-state index in [1.165, 1.54) is 0 Å². The number of nitrogens with zero attached hydrogens (tertiary/aromatic N) is 3. The van der Waals surface area contributed by atoms with E-state index in [9.17, 15) is 0 Å². The Kier molecular flexibility index (Phi) is 4.01. The molecule has 0 saturated heterocycles. The molecule has 0 bridgehead atoms. The Labute approximate surface area is 89.3 Å². The molecule has 1 aromatic heterocycles. The van der Waals surface area contributed by atoms with Crippen molar-refractivity contribution in [3.05, 3.63) is 16.8 Å². The first-order valence-electron chi connectivity index (χ1n) is 4.88. The lowest BCUT2D eigenvalue weighted by molar-refractivity contribution is 0.857. The molecule has 80 valence electrons. The minimum atomic E-state index is 0.550. The first kappa shape index (κ1) is 11.4. The van der Waals surface area contributed by atoms with Gasteiger partial charge in [0.15, 0.2) is 5.82 Å². The molecule has 0 aliphatic rings. The Morgan fingerprint density at radius 2 is 2.13 bits per heavy atom. The second-order valence-electron chi connectivity index (χ2n) is 3.31. The summed E-state index contributed by atoms with van der Waals surface area (Å²) < 4.78 is 0. The molecule has 5 heteroatoms. The van der Waals surface area contributed by atoms with Crippen LogP contribution in [0.2, 0.25) is 0 Å². The summed E-state index contributed by atoms with van der Waals surface area (Å²) in [6.45, 7) is 5.04. The third-order valence-electron chi connectivity index (χ3n) is 2.24. The van der Waals surface area contributed by atoms with E-state index in [-0.39, 0.29) is 0 Å². The molecule has 0 spiro atoms. The number of hydrogen-bond donors (Lipinski definition) is 2. The Bertz CT molecular complexity index is 380. The van der Waals surface area contributed by atoms with E-state index in [0.717, 1.165) is 17.7 Å². The second-order valence-corrected chi connectivity index (χ2v) is 3.31. The lowest BCUT2D eigenvalue weighted by atomic mass is 10.1. The Hall–Kier alpha value is -1.67. The van der Waals surface area contributed by atoms with E-state index in [1.807, 2.05) is 13.8 Å². The summed E-state index contributed by atoms with van der Waals surface area (Å²) in [7, 11) is 0. The van der Waals surface area contributed by atoms with Gasteiger partial charge in [-0.1, -0.05) is 0 Å². The van der Waals surface area contributed by atoms with Gasteiger partial charge in [0.2, 0.25) is 0 Å². The van der Waals surface area contributed by atoms with E-state index >= 15 is 0 Å². The first-order chi connectivity index (χ1) is 7.20. The highest BCUT2D eigenvalue weighted by atomic mass is 15.2. The van der Waals surface area contributed by atoms with Gasteiger partial charge in [-0.2, -0.15) is 10.4 Å². The standard InChI is InChI=1S/C10H15N5/c1-7-8(2)14-15-10(9(7)6-12)13-5-3-4-11/h3-5,11H2,1-2H3,(H,13,15). The predicted octanol–water partition coefficient (Wildman–Crippen LogP) is 0.726. The van der Waals surface area contributed by atoms with Crippen molar-refractivity contribution in [2.45, 2.75) is 20.3 Å². The molecule has 0 atom stereocenters. The van der Waals surface area contributed by atoms with Crippen LogP contribution in [0.3, 0.4) is 0 Å². The number of rotatable bonds is 4.